The van der Waals surface area contributed by atoms with Crippen molar-refractivity contribution >= 4 is 23.6 Å². The molecule has 0 bridgehead atoms. The van der Waals surface area contributed by atoms with Gasteiger partial charge < -0.3 is 10.1 Å². The summed E-state index contributed by atoms with van der Waals surface area (Å²) in [6.07, 6.45) is 12.3. The van der Waals surface area contributed by atoms with Gasteiger partial charge in [-0.2, -0.15) is 5.10 Å². The first-order chi connectivity index (χ1) is 14.0. The Bertz CT molecular complexity index is 851. The van der Waals surface area contributed by atoms with Gasteiger partial charge >= 0.3 is 5.97 Å². The van der Waals surface area contributed by atoms with Gasteiger partial charge in [-0.1, -0.05) is 51.3 Å². The first kappa shape index (κ1) is 23.6. The molecule has 0 radical (unpaired) electrons. The third-order valence-corrected chi connectivity index (χ3v) is 3.59. The Kier molecular flexibility index (Phi) is 10.4. The van der Waals surface area contributed by atoms with Crippen LogP contribution in [-0.4, -0.2) is 28.8 Å². The summed E-state index contributed by atoms with van der Waals surface area (Å²) in [5.41, 5.74) is 4.94. The molecule has 1 aromatic rings. The third kappa shape index (κ3) is 7.96. The third-order valence-electron chi connectivity index (χ3n) is 3.59. The van der Waals surface area contributed by atoms with Gasteiger partial charge in [0.1, 0.15) is 11.6 Å². The fourth-order valence-corrected chi connectivity index (χ4v) is 2.21. The first-order valence-electron chi connectivity index (χ1n) is 9.42. The second-order valence-corrected chi connectivity index (χ2v) is 5.67. The molecule has 0 saturated heterocycles. The number of carbonyl (C=O) groups excluding carboxylic acids is 1. The lowest BCUT2D eigenvalue weighted by Crippen LogP contribution is -2.16. The molecule has 0 aliphatic carbocycles. The zero-order chi connectivity index (χ0) is 21.6. The molecule has 0 amide bonds. The van der Waals surface area contributed by atoms with Crippen molar-refractivity contribution in [1.29, 1.82) is 0 Å². The molecule has 1 aliphatic rings. The molecule has 1 aliphatic heterocycles. The number of nitrogens with zero attached hydrogens (tertiary/aromatic N) is 3. The molecular weight excluding hydrogens is 366 g/mol. The van der Waals surface area contributed by atoms with Crippen molar-refractivity contribution in [3.05, 3.63) is 72.5 Å². The van der Waals surface area contributed by atoms with Gasteiger partial charge in [0.25, 0.3) is 0 Å². The molecule has 2 heterocycles. The minimum Gasteiger partial charge on any atom is -0.464 e. The maximum absolute atomic E-state index is 11.9. The van der Waals surface area contributed by atoms with E-state index in [9.17, 15) is 4.79 Å². The van der Waals surface area contributed by atoms with Gasteiger partial charge in [0.15, 0.2) is 11.5 Å². The summed E-state index contributed by atoms with van der Waals surface area (Å²) in [4.78, 5) is 20.6. The second-order valence-electron chi connectivity index (χ2n) is 5.67. The molecule has 154 valence electrons. The maximum Gasteiger partial charge on any atom is 0.356 e. The summed E-state index contributed by atoms with van der Waals surface area (Å²) in [6.45, 7) is 13.4. The molecule has 0 fully saturated rings. The second kappa shape index (κ2) is 12.8. The van der Waals surface area contributed by atoms with Crippen LogP contribution in [0, 0.1) is 0 Å². The smallest absolute Gasteiger partial charge is 0.356 e. The van der Waals surface area contributed by atoms with E-state index in [1.807, 2.05) is 26.8 Å². The predicted octanol–water partition coefficient (Wildman–Crippen LogP) is 4.61. The standard InChI is InChI=1S/C20H23N5O2.C2H6/c1-5-8-15(6-2)11-12-17-21-16(20(26)27-4)13-19(22-17)23-18-10-7-9-14(3)24-25-18;1-2/h5-6,8,10-13,25H,1-2,7,9H2,3-4H3,(H,21,22,23);1-2H3/b12-11+,15-8+;. The highest BCUT2D eigenvalue weighted by Crippen LogP contribution is 2.13. The highest BCUT2D eigenvalue weighted by atomic mass is 16.5. The Labute approximate surface area is 172 Å². The van der Waals surface area contributed by atoms with Gasteiger partial charge in [-0.3, -0.25) is 5.43 Å². The van der Waals surface area contributed by atoms with Crippen molar-refractivity contribution in [2.45, 2.75) is 33.6 Å². The number of methoxy groups -OCH3 is 1. The normalized spacial score (nSPS) is 13.7. The van der Waals surface area contributed by atoms with Crippen molar-refractivity contribution in [2.24, 2.45) is 5.10 Å². The monoisotopic (exact) mass is 395 g/mol. The van der Waals surface area contributed by atoms with Crippen LogP contribution in [0.5, 0.6) is 0 Å². The van der Waals surface area contributed by atoms with Crippen LogP contribution in [0.15, 0.2) is 66.1 Å². The molecular formula is C22H29N5O2. The van der Waals surface area contributed by atoms with Crippen molar-refractivity contribution < 1.29 is 9.53 Å². The van der Waals surface area contributed by atoms with E-state index in [4.69, 9.17) is 4.74 Å². The Balaban J connectivity index is 0.00000204. The van der Waals surface area contributed by atoms with E-state index < -0.39 is 5.97 Å². The molecule has 2 rings (SSSR count). The number of esters is 1. The van der Waals surface area contributed by atoms with Crippen molar-refractivity contribution in [3.63, 3.8) is 0 Å². The van der Waals surface area contributed by atoms with Crippen LogP contribution in [0.3, 0.4) is 0 Å². The van der Waals surface area contributed by atoms with Crippen LogP contribution < -0.4 is 10.7 Å². The Hall–Kier alpha value is -3.48. The number of ether oxygens (including phenoxy) is 1. The number of aromatic nitrogens is 2. The van der Waals surface area contributed by atoms with E-state index in [-0.39, 0.29) is 5.69 Å². The zero-order valence-corrected chi connectivity index (χ0v) is 17.5. The molecule has 7 nitrogen and oxygen atoms in total. The van der Waals surface area contributed by atoms with Gasteiger partial charge in [0.05, 0.1) is 7.11 Å². The molecule has 1 aromatic heterocycles. The highest BCUT2D eigenvalue weighted by molar-refractivity contribution is 5.88. The van der Waals surface area contributed by atoms with Crippen molar-refractivity contribution in [1.82, 2.24) is 15.4 Å². The summed E-state index contributed by atoms with van der Waals surface area (Å²) in [5.74, 6) is 0.949. The number of hydrazone groups is 1. The fourth-order valence-electron chi connectivity index (χ4n) is 2.21. The van der Waals surface area contributed by atoms with E-state index in [2.05, 4.69) is 39.0 Å². The van der Waals surface area contributed by atoms with Gasteiger partial charge in [0, 0.05) is 11.8 Å². The van der Waals surface area contributed by atoms with E-state index in [1.165, 1.54) is 13.2 Å². The average molecular weight is 396 g/mol. The van der Waals surface area contributed by atoms with Gasteiger partial charge in [0.2, 0.25) is 0 Å². The topological polar surface area (TPSA) is 88.5 Å². The van der Waals surface area contributed by atoms with E-state index in [0.29, 0.717) is 17.5 Å². The summed E-state index contributed by atoms with van der Waals surface area (Å²) in [7, 11) is 1.31. The van der Waals surface area contributed by atoms with Crippen LogP contribution in [0.25, 0.3) is 6.08 Å². The number of hydrogen-bond donors (Lipinski definition) is 2. The number of hydrogen-bond acceptors (Lipinski definition) is 7. The molecule has 7 heteroatoms. The lowest BCUT2D eigenvalue weighted by atomic mass is 10.2. The number of anilines is 1. The lowest BCUT2D eigenvalue weighted by molar-refractivity contribution is 0.0593. The minimum absolute atomic E-state index is 0.149. The number of allylic oxidation sites excluding steroid dienone is 6. The summed E-state index contributed by atoms with van der Waals surface area (Å²) in [5, 5.41) is 7.37. The fraction of sp³-hybridized carbons (Fsp3) is 0.273. The highest BCUT2D eigenvalue weighted by Gasteiger charge is 2.12. The number of carbonyl (C=O) groups is 1. The van der Waals surface area contributed by atoms with Gasteiger partial charge in [-0.25, -0.2) is 14.8 Å². The quantitative estimate of drug-likeness (QED) is 0.518. The van der Waals surface area contributed by atoms with Gasteiger partial charge in [-0.05, 0) is 37.5 Å². The molecule has 0 aromatic carbocycles. The summed E-state index contributed by atoms with van der Waals surface area (Å²) in [6, 6.07) is 1.53. The van der Waals surface area contributed by atoms with E-state index in [0.717, 1.165) is 24.1 Å². The summed E-state index contributed by atoms with van der Waals surface area (Å²) >= 11 is 0. The SMILES string of the molecule is C=C/C=C(C=C)/C=C/c1nc(NC2=CCCC(C)=NN2)cc(C(=O)OC)n1.CC. The summed E-state index contributed by atoms with van der Waals surface area (Å²) < 4.78 is 4.78. The van der Waals surface area contributed by atoms with Crippen molar-refractivity contribution in [3.8, 4) is 0 Å². The van der Waals surface area contributed by atoms with Crippen molar-refractivity contribution in [2.75, 3.05) is 12.4 Å². The minimum atomic E-state index is -0.544. The number of rotatable bonds is 7. The van der Waals surface area contributed by atoms with Crippen LogP contribution in [0.4, 0.5) is 5.82 Å². The van der Waals surface area contributed by atoms with Crippen LogP contribution in [-0.2, 0) is 4.74 Å². The predicted molar refractivity (Wildman–Crippen MR) is 119 cm³/mol. The molecule has 0 spiro atoms. The zero-order valence-electron chi connectivity index (χ0n) is 17.5. The largest absolute Gasteiger partial charge is 0.464 e. The van der Waals surface area contributed by atoms with E-state index in [1.54, 1.807) is 30.4 Å². The Morgan fingerprint density at radius 1 is 1.31 bits per heavy atom. The van der Waals surface area contributed by atoms with E-state index >= 15 is 0 Å². The number of nitrogens with one attached hydrogen (secondary N) is 2. The maximum atomic E-state index is 11.9. The molecule has 0 atom stereocenters. The average Bonchev–Trinajstić information content (AvgIpc) is 2.95. The van der Waals surface area contributed by atoms with Gasteiger partial charge in [-0.15, -0.1) is 0 Å². The Morgan fingerprint density at radius 3 is 2.72 bits per heavy atom. The molecule has 0 unspecified atom stereocenters. The molecule has 29 heavy (non-hydrogen) atoms. The van der Waals surface area contributed by atoms with Crippen LogP contribution >= 0.6 is 0 Å². The first-order valence-corrected chi connectivity index (χ1v) is 9.42. The lowest BCUT2D eigenvalue weighted by Gasteiger charge is -2.10. The molecule has 0 saturated carbocycles. The Morgan fingerprint density at radius 2 is 2.07 bits per heavy atom. The van der Waals surface area contributed by atoms with Crippen LogP contribution in [0.1, 0.15) is 49.9 Å². The molecule has 2 N–H and O–H groups in total. The van der Waals surface area contributed by atoms with Crippen LogP contribution in [0.2, 0.25) is 0 Å².